The molecule has 194 valence electrons. The van der Waals surface area contributed by atoms with E-state index in [4.69, 9.17) is 14.2 Å². The van der Waals surface area contributed by atoms with Crippen molar-refractivity contribution >= 4 is 17.6 Å². The van der Waals surface area contributed by atoms with Crippen molar-refractivity contribution < 1.29 is 27.4 Å². The third kappa shape index (κ3) is 6.81. The molecule has 3 aliphatic rings. The van der Waals surface area contributed by atoms with E-state index < -0.39 is 24.3 Å². The van der Waals surface area contributed by atoms with Crippen LogP contribution in [0.4, 0.5) is 30.8 Å². The molecule has 1 aliphatic carbocycles. The first kappa shape index (κ1) is 24.7. The molecule has 0 unspecified atom stereocenters. The molecule has 11 heteroatoms. The van der Waals surface area contributed by atoms with E-state index in [-0.39, 0.29) is 11.9 Å². The van der Waals surface area contributed by atoms with E-state index in [1.54, 1.807) is 18.2 Å². The van der Waals surface area contributed by atoms with Gasteiger partial charge in [0.1, 0.15) is 18.1 Å². The smallest absolute Gasteiger partial charge is 0.422 e. The Kier molecular flexibility index (Phi) is 7.02. The Morgan fingerprint density at radius 2 is 1.73 bits per heavy atom. The second-order valence-corrected chi connectivity index (χ2v) is 8.83. The minimum atomic E-state index is -4.53. The summed E-state index contributed by atoms with van der Waals surface area (Å²) in [7, 11) is 0. The zero-order chi connectivity index (χ0) is 25.7. The quantitative estimate of drug-likeness (QED) is 0.418. The van der Waals surface area contributed by atoms with Crippen molar-refractivity contribution in [1.29, 1.82) is 0 Å². The number of nitrogens with zero attached hydrogens (tertiary/aromatic N) is 3. The van der Waals surface area contributed by atoms with Gasteiger partial charge in [0.25, 0.3) is 0 Å². The molecule has 1 spiro atoms. The number of hydrogen-bond donors (Lipinski definition) is 2. The lowest BCUT2D eigenvalue weighted by atomic mass is 10.1. The van der Waals surface area contributed by atoms with Crippen LogP contribution >= 0.6 is 0 Å². The zero-order valence-electron chi connectivity index (χ0n) is 19.9. The second-order valence-electron chi connectivity index (χ2n) is 8.83. The minimum absolute atomic E-state index is 0.0390. The third-order valence-electron chi connectivity index (χ3n) is 5.87. The normalized spacial score (nSPS) is 17.8. The van der Waals surface area contributed by atoms with Crippen LogP contribution in [0.15, 0.2) is 60.7 Å². The first-order chi connectivity index (χ1) is 17.9. The maximum Gasteiger partial charge on any atom is 0.422 e. The minimum Gasteiger partial charge on any atom is -0.494 e. The average Bonchev–Trinajstić information content (AvgIpc) is 3.64. The Morgan fingerprint density at radius 1 is 0.919 bits per heavy atom. The van der Waals surface area contributed by atoms with Gasteiger partial charge < -0.3 is 24.8 Å². The van der Waals surface area contributed by atoms with Crippen molar-refractivity contribution in [2.75, 3.05) is 30.5 Å². The van der Waals surface area contributed by atoms with Gasteiger partial charge in [-0.05, 0) is 55.5 Å². The van der Waals surface area contributed by atoms with Gasteiger partial charge in [0.05, 0.1) is 12.1 Å². The number of benzene rings is 2. The molecule has 0 atom stereocenters. The molecule has 2 N–H and O–H groups in total. The number of aromatic nitrogens is 3. The molecule has 37 heavy (non-hydrogen) atoms. The van der Waals surface area contributed by atoms with E-state index in [2.05, 4.69) is 25.6 Å². The molecule has 1 aromatic heterocycles. The summed E-state index contributed by atoms with van der Waals surface area (Å²) in [5, 5.41) is 6.30. The highest BCUT2D eigenvalue weighted by molar-refractivity contribution is 5.57. The number of anilines is 3. The lowest BCUT2D eigenvalue weighted by Crippen LogP contribution is -2.23. The fraction of sp³-hybridized carbons (Fsp3) is 0.346. The SMILES string of the molecule is FC(F)(F)COc1nc2nc(n1)NC1(CC1)c1ccc(cc1)OCCC/C=C/COc1cccc(c1)N2. The number of allylic oxidation sites excluding steroid dienone is 1. The molecule has 1 saturated carbocycles. The van der Waals surface area contributed by atoms with Crippen LogP contribution in [0, 0.1) is 0 Å². The van der Waals surface area contributed by atoms with Crippen molar-refractivity contribution in [3.05, 3.63) is 66.2 Å². The zero-order valence-corrected chi connectivity index (χ0v) is 19.9. The van der Waals surface area contributed by atoms with Gasteiger partial charge in [-0.25, -0.2) is 0 Å². The molecule has 2 aromatic carbocycles. The number of hydrogen-bond acceptors (Lipinski definition) is 8. The van der Waals surface area contributed by atoms with Gasteiger partial charge in [-0.1, -0.05) is 30.4 Å². The number of alkyl halides is 3. The van der Waals surface area contributed by atoms with Gasteiger partial charge in [0.2, 0.25) is 11.9 Å². The van der Waals surface area contributed by atoms with Crippen LogP contribution in [0.5, 0.6) is 17.5 Å². The average molecular weight is 514 g/mol. The van der Waals surface area contributed by atoms with Crippen LogP contribution in [0.3, 0.4) is 0 Å². The highest BCUT2D eigenvalue weighted by atomic mass is 19.4. The van der Waals surface area contributed by atoms with Crippen molar-refractivity contribution in [3.8, 4) is 17.5 Å². The molecule has 6 rings (SSSR count). The van der Waals surface area contributed by atoms with E-state index in [0.29, 0.717) is 24.7 Å². The summed E-state index contributed by atoms with van der Waals surface area (Å²) in [5.41, 5.74) is 1.17. The molecule has 2 aliphatic heterocycles. The van der Waals surface area contributed by atoms with Crippen LogP contribution in [0.2, 0.25) is 0 Å². The number of ether oxygens (including phenoxy) is 3. The van der Waals surface area contributed by atoms with Crippen LogP contribution in [-0.2, 0) is 5.54 Å². The largest absolute Gasteiger partial charge is 0.494 e. The lowest BCUT2D eigenvalue weighted by Gasteiger charge is -2.19. The summed E-state index contributed by atoms with van der Waals surface area (Å²) in [5.74, 6) is 1.53. The first-order valence-electron chi connectivity index (χ1n) is 12.0. The molecule has 6 bridgehead atoms. The second kappa shape index (κ2) is 10.5. The molecule has 3 heterocycles. The summed E-state index contributed by atoms with van der Waals surface area (Å²) < 4.78 is 54.9. The Labute approximate surface area is 211 Å². The Balaban J connectivity index is 1.46. The van der Waals surface area contributed by atoms with Gasteiger partial charge in [0, 0.05) is 11.8 Å². The lowest BCUT2D eigenvalue weighted by molar-refractivity contribution is -0.154. The van der Waals surface area contributed by atoms with Gasteiger partial charge >= 0.3 is 12.2 Å². The Hall–Kier alpha value is -4.02. The molecule has 3 aromatic rings. The van der Waals surface area contributed by atoms with Crippen LogP contribution in [0.25, 0.3) is 0 Å². The summed E-state index contributed by atoms with van der Waals surface area (Å²) in [4.78, 5) is 12.5. The standard InChI is InChI=1S/C26H26F3N5O3/c27-26(28,29)17-37-24-32-22-30-19-6-5-7-21(16-19)36-15-4-2-1-3-14-35-20-10-8-18(9-11-20)25(12-13-25)34-23(31-22)33-24/h2,4-11,16H,1,3,12-15,17H2,(H2,30,31,32,33,34)/b4-2+. The van der Waals surface area contributed by atoms with Crippen molar-refractivity contribution in [1.82, 2.24) is 15.0 Å². The molecule has 8 nitrogen and oxygen atoms in total. The number of rotatable bonds is 2. The van der Waals surface area contributed by atoms with Crippen LogP contribution in [0.1, 0.15) is 31.2 Å². The Morgan fingerprint density at radius 3 is 2.51 bits per heavy atom. The highest BCUT2D eigenvalue weighted by Crippen LogP contribution is 2.48. The summed E-state index contributed by atoms with van der Waals surface area (Å²) in [6.45, 7) is -0.529. The predicted molar refractivity (Wildman–Crippen MR) is 131 cm³/mol. The fourth-order valence-corrected chi connectivity index (χ4v) is 3.89. The molecule has 0 radical (unpaired) electrons. The van der Waals surface area contributed by atoms with E-state index in [9.17, 15) is 13.2 Å². The van der Waals surface area contributed by atoms with E-state index in [0.717, 1.165) is 37.0 Å². The maximum atomic E-state index is 12.8. The summed E-state index contributed by atoms with van der Waals surface area (Å²) >= 11 is 0. The van der Waals surface area contributed by atoms with Gasteiger partial charge in [0.15, 0.2) is 6.61 Å². The molecular weight excluding hydrogens is 487 g/mol. The highest BCUT2D eigenvalue weighted by Gasteiger charge is 2.45. The van der Waals surface area contributed by atoms with Crippen LogP contribution in [-0.4, -0.2) is 40.9 Å². The number of halogens is 3. The van der Waals surface area contributed by atoms with E-state index >= 15 is 0 Å². The Bertz CT molecular complexity index is 1250. The van der Waals surface area contributed by atoms with E-state index in [1.165, 1.54) is 0 Å². The first-order valence-corrected chi connectivity index (χ1v) is 12.0. The molecular formula is C26H26F3N5O3. The van der Waals surface area contributed by atoms with Gasteiger partial charge in [-0.3, -0.25) is 0 Å². The summed E-state index contributed by atoms with van der Waals surface area (Å²) in [6.07, 6.45) is 2.83. The van der Waals surface area contributed by atoms with Crippen molar-refractivity contribution in [2.24, 2.45) is 0 Å². The van der Waals surface area contributed by atoms with E-state index in [1.807, 2.05) is 42.5 Å². The van der Waals surface area contributed by atoms with Crippen molar-refractivity contribution in [3.63, 3.8) is 0 Å². The molecule has 0 amide bonds. The van der Waals surface area contributed by atoms with Crippen LogP contribution < -0.4 is 24.8 Å². The summed E-state index contributed by atoms with van der Waals surface area (Å²) in [6, 6.07) is 14.5. The number of fused-ring (bicyclic) bond motifs is 8. The van der Waals surface area contributed by atoms with Crippen molar-refractivity contribution in [2.45, 2.75) is 37.4 Å². The fourth-order valence-electron chi connectivity index (χ4n) is 3.89. The predicted octanol–water partition coefficient (Wildman–Crippen LogP) is 5.77. The third-order valence-corrected chi connectivity index (χ3v) is 5.87. The molecule has 0 saturated heterocycles. The monoisotopic (exact) mass is 513 g/mol. The van der Waals surface area contributed by atoms with Gasteiger partial charge in [-0.15, -0.1) is 0 Å². The maximum absolute atomic E-state index is 12.8. The molecule has 1 fully saturated rings. The topological polar surface area (TPSA) is 90.4 Å². The number of nitrogens with one attached hydrogen (secondary N) is 2. The van der Waals surface area contributed by atoms with Gasteiger partial charge in [-0.2, -0.15) is 28.1 Å².